The molecule has 1 N–H and O–H groups in total. The molecule has 0 aliphatic rings. The molecule has 0 saturated carbocycles. The van der Waals surface area contributed by atoms with E-state index in [4.69, 9.17) is 0 Å². The van der Waals surface area contributed by atoms with Crippen LogP contribution in [0.1, 0.15) is 10.6 Å². The molecule has 0 spiro atoms. The first kappa shape index (κ1) is 15.6. The van der Waals surface area contributed by atoms with E-state index in [2.05, 4.69) is 27.6 Å². The van der Waals surface area contributed by atoms with E-state index in [1.165, 1.54) is 11.3 Å². The summed E-state index contributed by atoms with van der Waals surface area (Å²) in [6, 6.07) is 16.2. The second kappa shape index (κ2) is 6.48. The van der Waals surface area contributed by atoms with Gasteiger partial charge in [0.15, 0.2) is 0 Å². The van der Waals surface area contributed by atoms with Gasteiger partial charge in [0.2, 0.25) is 0 Å². The predicted molar refractivity (Wildman–Crippen MR) is 100 cm³/mol. The first-order valence-corrected chi connectivity index (χ1v) is 8.50. The number of fused-ring (bicyclic) bond motifs is 1. The van der Waals surface area contributed by atoms with Crippen LogP contribution < -0.4 is 5.56 Å². The summed E-state index contributed by atoms with van der Waals surface area (Å²) in [7, 11) is 0. The van der Waals surface area contributed by atoms with Gasteiger partial charge in [-0.2, -0.15) is 10.2 Å². The van der Waals surface area contributed by atoms with E-state index >= 15 is 0 Å². The van der Waals surface area contributed by atoms with E-state index < -0.39 is 5.56 Å². The summed E-state index contributed by atoms with van der Waals surface area (Å²) < 4.78 is 1.54. The molecule has 0 radical (unpaired) electrons. The fourth-order valence-corrected chi connectivity index (χ4v) is 3.74. The highest BCUT2D eigenvalue weighted by Gasteiger charge is 2.16. The number of aliphatic hydroxyl groups excluding tert-OH is 1. The number of rotatable bonds is 2. The maximum Gasteiger partial charge on any atom is 0.279 e. The molecular weight excluding hydrogens is 423 g/mol. The largest absolute Gasteiger partial charge is 0.506 e. The Balaban J connectivity index is 2.27. The van der Waals surface area contributed by atoms with Crippen LogP contribution in [-0.4, -0.2) is 10.1 Å². The summed E-state index contributed by atoms with van der Waals surface area (Å²) >= 11 is 3.29. The number of benzene rings is 2. The lowest BCUT2D eigenvalue weighted by atomic mass is 10.1. The van der Waals surface area contributed by atoms with Crippen LogP contribution in [0.5, 0.6) is 0 Å². The number of hydrogen-bond donors (Lipinski definition) is 1. The molecule has 6 heteroatoms. The van der Waals surface area contributed by atoms with Crippen molar-refractivity contribution in [3.8, 4) is 6.07 Å². The predicted octanol–water partition coefficient (Wildman–Crippen LogP) is 4.21. The zero-order chi connectivity index (χ0) is 16.4. The average Bonchev–Trinajstić information content (AvgIpc) is 2.56. The van der Waals surface area contributed by atoms with Gasteiger partial charge >= 0.3 is 0 Å². The maximum absolute atomic E-state index is 12.1. The van der Waals surface area contributed by atoms with Gasteiger partial charge in [-0.15, -0.1) is 11.3 Å². The molecule has 3 rings (SSSR count). The minimum Gasteiger partial charge on any atom is -0.506 e. The molecule has 0 aliphatic carbocycles. The molecule has 23 heavy (non-hydrogen) atoms. The molecule has 3 aromatic rings. The molecule has 0 unspecified atom stereocenters. The van der Waals surface area contributed by atoms with Crippen LogP contribution in [0, 0.1) is 14.9 Å². The van der Waals surface area contributed by atoms with Crippen LogP contribution in [0.25, 0.3) is 21.4 Å². The lowest BCUT2D eigenvalue weighted by molar-refractivity contribution is 0.513. The molecule has 112 valence electrons. The van der Waals surface area contributed by atoms with Gasteiger partial charge in [-0.25, -0.2) is 0 Å². The Morgan fingerprint density at radius 1 is 1.17 bits per heavy atom. The average molecular weight is 432 g/mol. The highest BCUT2D eigenvalue weighted by Crippen LogP contribution is 2.29. The van der Waals surface area contributed by atoms with Crippen LogP contribution in [-0.2, 0) is 0 Å². The van der Waals surface area contributed by atoms with E-state index in [1.54, 1.807) is 30.3 Å². The van der Waals surface area contributed by atoms with Gasteiger partial charge in [0.1, 0.15) is 22.4 Å². The van der Waals surface area contributed by atoms with E-state index in [9.17, 15) is 15.2 Å². The van der Waals surface area contributed by atoms with Gasteiger partial charge in [0, 0.05) is 13.8 Å². The van der Waals surface area contributed by atoms with Crippen molar-refractivity contribution in [2.24, 2.45) is 0 Å². The summed E-state index contributed by atoms with van der Waals surface area (Å²) in [6.07, 6.45) is 0. The lowest BCUT2D eigenvalue weighted by Gasteiger charge is -2.06. The lowest BCUT2D eigenvalue weighted by Crippen LogP contribution is -2.07. The van der Waals surface area contributed by atoms with Crippen molar-refractivity contribution in [1.82, 2.24) is 4.98 Å². The minimum atomic E-state index is -0.405. The van der Waals surface area contributed by atoms with Gasteiger partial charge in [-0.1, -0.05) is 30.3 Å². The van der Waals surface area contributed by atoms with Crippen molar-refractivity contribution in [2.45, 2.75) is 0 Å². The minimum absolute atomic E-state index is 0.00182. The monoisotopic (exact) mass is 432 g/mol. The van der Waals surface area contributed by atoms with Gasteiger partial charge in [-0.05, 0) is 40.8 Å². The fourth-order valence-electron chi connectivity index (χ4n) is 2.11. The molecule has 0 fully saturated rings. The number of hydrogen-bond acceptors (Lipinski definition) is 5. The zero-order valence-corrected chi connectivity index (χ0v) is 14.6. The SMILES string of the molecule is N#C/C(=C(/O)c1ccccc1I)c1nc(=O)c2ccccc2s1. The Morgan fingerprint density at radius 3 is 2.61 bits per heavy atom. The standard InChI is InChI=1S/C17H9IN2O2S/c18-13-7-3-1-5-10(13)15(21)12(9-19)17-20-16(22)11-6-2-4-8-14(11)23-17/h1-8,21H/b15-12-. The van der Waals surface area contributed by atoms with Gasteiger partial charge < -0.3 is 5.11 Å². The summed E-state index contributed by atoms with van der Waals surface area (Å²) in [6.45, 7) is 0. The van der Waals surface area contributed by atoms with Crippen molar-refractivity contribution in [3.05, 3.63) is 73.0 Å². The molecule has 4 nitrogen and oxygen atoms in total. The molecule has 0 atom stereocenters. The highest BCUT2D eigenvalue weighted by molar-refractivity contribution is 14.1. The second-order valence-corrected chi connectivity index (χ2v) is 6.83. The molecule has 1 heterocycles. The third kappa shape index (κ3) is 2.98. The first-order valence-electron chi connectivity index (χ1n) is 6.60. The molecular formula is C17H9IN2O2S. The molecule has 0 bridgehead atoms. The fraction of sp³-hybridized carbons (Fsp3) is 0. The van der Waals surface area contributed by atoms with Gasteiger partial charge in [-0.3, -0.25) is 4.79 Å². The molecule has 0 aliphatic heterocycles. The van der Waals surface area contributed by atoms with Crippen molar-refractivity contribution in [2.75, 3.05) is 0 Å². The van der Waals surface area contributed by atoms with E-state index in [-0.39, 0.29) is 16.3 Å². The summed E-state index contributed by atoms with van der Waals surface area (Å²) in [5.41, 5.74) is 0.138. The quantitative estimate of drug-likeness (QED) is 0.374. The first-order chi connectivity index (χ1) is 11.1. The third-order valence-corrected chi connectivity index (χ3v) is 5.22. The summed E-state index contributed by atoms with van der Waals surface area (Å²) in [5.74, 6) is -0.170. The van der Waals surface area contributed by atoms with E-state index in [1.807, 2.05) is 24.3 Å². The normalized spacial score (nSPS) is 11.8. The highest BCUT2D eigenvalue weighted by atomic mass is 127. The number of aromatic nitrogens is 1. The van der Waals surface area contributed by atoms with Crippen molar-refractivity contribution >= 4 is 55.3 Å². The number of nitrogens with zero attached hydrogens (tertiary/aromatic N) is 2. The van der Waals surface area contributed by atoms with E-state index in [0.717, 1.165) is 8.27 Å². The molecule has 1 aromatic heterocycles. The summed E-state index contributed by atoms with van der Waals surface area (Å²) in [4.78, 5) is 16.1. The van der Waals surface area contributed by atoms with Crippen LogP contribution in [0.2, 0.25) is 0 Å². The number of halogens is 1. The molecule has 0 saturated heterocycles. The van der Waals surface area contributed by atoms with Crippen LogP contribution in [0.4, 0.5) is 0 Å². The van der Waals surface area contributed by atoms with Crippen LogP contribution in [0.3, 0.4) is 0 Å². The number of aliphatic hydroxyl groups is 1. The van der Waals surface area contributed by atoms with E-state index in [0.29, 0.717) is 10.9 Å². The van der Waals surface area contributed by atoms with Crippen LogP contribution >= 0.6 is 33.9 Å². The Labute approximate surface area is 149 Å². The number of nitriles is 1. The third-order valence-electron chi connectivity index (χ3n) is 3.22. The molecule has 0 amide bonds. The Hall–Kier alpha value is -2.24. The Morgan fingerprint density at radius 2 is 1.87 bits per heavy atom. The zero-order valence-electron chi connectivity index (χ0n) is 11.7. The smallest absolute Gasteiger partial charge is 0.279 e. The topological polar surface area (TPSA) is 74.0 Å². The second-order valence-electron chi connectivity index (χ2n) is 4.64. The summed E-state index contributed by atoms with van der Waals surface area (Å²) in [5, 5.41) is 20.7. The van der Waals surface area contributed by atoms with Gasteiger partial charge in [0.25, 0.3) is 5.56 Å². The van der Waals surface area contributed by atoms with Gasteiger partial charge in [0.05, 0.1) is 5.39 Å². The maximum atomic E-state index is 12.1. The van der Waals surface area contributed by atoms with Crippen molar-refractivity contribution in [3.63, 3.8) is 0 Å². The number of allylic oxidation sites excluding steroid dienone is 1. The Kier molecular flexibility index (Phi) is 4.41. The Bertz CT molecular complexity index is 1030. The van der Waals surface area contributed by atoms with Crippen molar-refractivity contribution < 1.29 is 5.11 Å². The van der Waals surface area contributed by atoms with Crippen LogP contribution in [0.15, 0.2) is 53.3 Å². The van der Waals surface area contributed by atoms with Crippen molar-refractivity contribution in [1.29, 1.82) is 5.26 Å². The molecule has 2 aromatic carbocycles.